The van der Waals surface area contributed by atoms with Crippen LogP contribution < -0.4 is 10.6 Å². The van der Waals surface area contributed by atoms with Crippen LogP contribution >= 0.6 is 15.9 Å². The second kappa shape index (κ2) is 7.39. The topological polar surface area (TPSA) is 67.1 Å². The zero-order valence-electron chi connectivity index (χ0n) is 15.1. The number of fused-ring (bicyclic) bond motifs is 1. The molecule has 0 saturated heterocycles. The van der Waals surface area contributed by atoms with Crippen molar-refractivity contribution in [3.8, 4) is 0 Å². The van der Waals surface area contributed by atoms with Crippen LogP contribution in [-0.4, -0.2) is 39.9 Å². The van der Waals surface area contributed by atoms with Crippen LogP contribution in [0.4, 0.5) is 0 Å². The summed E-state index contributed by atoms with van der Waals surface area (Å²) in [6.07, 6.45) is 6.07. The van der Waals surface area contributed by atoms with Crippen LogP contribution in [0.1, 0.15) is 37.6 Å². The number of halogens is 1. The number of aryl methyl sites for hydroxylation is 1. The molecule has 1 fully saturated rings. The molecule has 1 saturated carbocycles. The number of aliphatic imine (C=N–C) groups is 1. The predicted molar refractivity (Wildman–Crippen MR) is 106 cm³/mol. The van der Waals surface area contributed by atoms with Gasteiger partial charge in [-0.05, 0) is 43.9 Å². The van der Waals surface area contributed by atoms with Crippen LogP contribution in [0.25, 0.3) is 0 Å². The zero-order valence-corrected chi connectivity index (χ0v) is 16.7. The molecule has 1 aliphatic carbocycles. The minimum absolute atomic E-state index is 0.206. The van der Waals surface area contributed by atoms with Gasteiger partial charge in [-0.3, -0.25) is 4.99 Å². The number of aromatic nitrogens is 3. The van der Waals surface area contributed by atoms with E-state index in [-0.39, 0.29) is 5.41 Å². The fourth-order valence-electron chi connectivity index (χ4n) is 3.61. The van der Waals surface area contributed by atoms with Crippen molar-refractivity contribution in [2.24, 2.45) is 4.99 Å². The Bertz CT molecular complexity index is 795. The van der Waals surface area contributed by atoms with E-state index in [9.17, 15) is 0 Å². The molecule has 138 valence electrons. The number of benzene rings is 1. The van der Waals surface area contributed by atoms with Gasteiger partial charge < -0.3 is 10.6 Å². The second-order valence-corrected chi connectivity index (χ2v) is 8.14. The van der Waals surface area contributed by atoms with Crippen LogP contribution in [0.5, 0.6) is 0 Å². The Morgan fingerprint density at radius 1 is 1.42 bits per heavy atom. The van der Waals surface area contributed by atoms with Crippen LogP contribution in [0.3, 0.4) is 0 Å². The molecule has 0 radical (unpaired) electrons. The van der Waals surface area contributed by atoms with Crippen molar-refractivity contribution in [3.63, 3.8) is 0 Å². The van der Waals surface area contributed by atoms with Crippen molar-refractivity contribution in [3.05, 3.63) is 46.5 Å². The summed E-state index contributed by atoms with van der Waals surface area (Å²) in [5.74, 6) is 1.99. The summed E-state index contributed by atoms with van der Waals surface area (Å²) in [7, 11) is 0. The molecule has 2 aliphatic rings. The number of guanidine groups is 1. The highest BCUT2D eigenvalue weighted by Crippen LogP contribution is 2.48. The van der Waals surface area contributed by atoms with E-state index in [0.29, 0.717) is 6.04 Å². The van der Waals surface area contributed by atoms with Crippen LogP contribution in [0, 0.1) is 0 Å². The Morgan fingerprint density at radius 3 is 3.08 bits per heavy atom. The highest BCUT2D eigenvalue weighted by Gasteiger charge is 2.44. The molecule has 1 unspecified atom stereocenters. The molecule has 7 heteroatoms. The quantitative estimate of drug-likeness (QED) is 0.580. The number of hydrogen-bond acceptors (Lipinski definition) is 3. The summed E-state index contributed by atoms with van der Waals surface area (Å²) >= 11 is 3.59. The molecule has 1 aromatic carbocycles. The van der Waals surface area contributed by atoms with Crippen molar-refractivity contribution < 1.29 is 0 Å². The van der Waals surface area contributed by atoms with Gasteiger partial charge in [-0.15, -0.1) is 0 Å². The van der Waals surface area contributed by atoms with Gasteiger partial charge in [0.1, 0.15) is 12.2 Å². The molecule has 1 atom stereocenters. The van der Waals surface area contributed by atoms with E-state index in [1.807, 2.05) is 4.68 Å². The van der Waals surface area contributed by atoms with Gasteiger partial charge in [0.2, 0.25) is 0 Å². The van der Waals surface area contributed by atoms with Gasteiger partial charge in [0.25, 0.3) is 0 Å². The number of nitrogens with zero attached hydrogens (tertiary/aromatic N) is 4. The monoisotopic (exact) mass is 416 g/mol. The van der Waals surface area contributed by atoms with Gasteiger partial charge >= 0.3 is 0 Å². The van der Waals surface area contributed by atoms with Crippen molar-refractivity contribution in [2.75, 3.05) is 13.1 Å². The van der Waals surface area contributed by atoms with E-state index < -0.39 is 0 Å². The summed E-state index contributed by atoms with van der Waals surface area (Å²) in [5.41, 5.74) is 1.59. The first-order chi connectivity index (χ1) is 12.7. The Labute approximate surface area is 162 Å². The molecule has 0 spiro atoms. The Morgan fingerprint density at radius 2 is 2.31 bits per heavy atom. The van der Waals surface area contributed by atoms with Crippen LogP contribution in [0.2, 0.25) is 0 Å². The van der Waals surface area contributed by atoms with Gasteiger partial charge in [0.05, 0.1) is 13.1 Å². The summed E-state index contributed by atoms with van der Waals surface area (Å²) in [4.78, 5) is 9.22. The second-order valence-electron chi connectivity index (χ2n) is 7.22. The normalized spacial score (nSPS) is 21.2. The molecule has 2 N–H and O–H groups in total. The maximum absolute atomic E-state index is 4.93. The van der Waals surface area contributed by atoms with E-state index in [0.717, 1.165) is 48.7 Å². The fraction of sp³-hybridized carbons (Fsp3) is 0.526. The van der Waals surface area contributed by atoms with Crippen LogP contribution in [-0.2, 0) is 18.4 Å². The maximum Gasteiger partial charge on any atom is 0.191 e. The van der Waals surface area contributed by atoms with Gasteiger partial charge in [-0.1, -0.05) is 28.1 Å². The maximum atomic E-state index is 4.93. The van der Waals surface area contributed by atoms with E-state index >= 15 is 0 Å². The average Bonchev–Trinajstić information content (AvgIpc) is 3.29. The van der Waals surface area contributed by atoms with E-state index in [1.54, 1.807) is 6.33 Å². The van der Waals surface area contributed by atoms with Gasteiger partial charge in [-0.2, -0.15) is 5.10 Å². The summed E-state index contributed by atoms with van der Waals surface area (Å²) in [5, 5.41) is 11.3. The van der Waals surface area contributed by atoms with E-state index in [4.69, 9.17) is 4.99 Å². The zero-order chi connectivity index (χ0) is 18.0. The summed E-state index contributed by atoms with van der Waals surface area (Å²) < 4.78 is 3.13. The largest absolute Gasteiger partial charge is 0.357 e. The molecular formula is C19H25BrN6. The van der Waals surface area contributed by atoms with E-state index in [2.05, 4.69) is 67.8 Å². The minimum Gasteiger partial charge on any atom is -0.357 e. The van der Waals surface area contributed by atoms with Crippen molar-refractivity contribution in [1.82, 2.24) is 25.4 Å². The highest BCUT2D eigenvalue weighted by atomic mass is 79.9. The number of hydrogen-bond donors (Lipinski definition) is 2. The molecule has 1 aliphatic heterocycles. The Kier molecular flexibility index (Phi) is 4.98. The first-order valence-corrected chi connectivity index (χ1v) is 10.2. The van der Waals surface area contributed by atoms with Gasteiger partial charge in [0, 0.05) is 28.9 Å². The van der Waals surface area contributed by atoms with Crippen molar-refractivity contribution in [1.29, 1.82) is 0 Å². The summed E-state index contributed by atoms with van der Waals surface area (Å²) in [6.45, 7) is 4.63. The Balaban J connectivity index is 1.43. The summed E-state index contributed by atoms with van der Waals surface area (Å²) in [6, 6.07) is 8.99. The standard InChI is InChI=1S/C19H25BrN6/c1-2-21-18(25-16-6-7-17-23-13-24-26(17)11-16)22-12-19(8-9-19)14-4-3-5-15(20)10-14/h3-5,10,13,16H,2,6-9,11-12H2,1H3,(H2,21,22,25). The fourth-order valence-corrected chi connectivity index (χ4v) is 4.01. The average molecular weight is 417 g/mol. The van der Waals surface area contributed by atoms with Crippen molar-refractivity contribution in [2.45, 2.75) is 50.6 Å². The molecule has 26 heavy (non-hydrogen) atoms. The lowest BCUT2D eigenvalue weighted by molar-refractivity contribution is 0.392. The molecule has 1 aromatic heterocycles. The van der Waals surface area contributed by atoms with E-state index in [1.165, 1.54) is 18.4 Å². The third-order valence-corrected chi connectivity index (χ3v) is 5.81. The lowest BCUT2D eigenvalue weighted by Crippen LogP contribution is -2.47. The van der Waals surface area contributed by atoms with Crippen LogP contribution in [0.15, 0.2) is 40.1 Å². The number of nitrogens with one attached hydrogen (secondary N) is 2. The molecule has 0 bridgehead atoms. The predicted octanol–water partition coefficient (Wildman–Crippen LogP) is 2.64. The Hall–Kier alpha value is -1.89. The molecule has 4 rings (SSSR count). The molecule has 2 aromatic rings. The molecule has 6 nitrogen and oxygen atoms in total. The third-order valence-electron chi connectivity index (χ3n) is 5.32. The SMILES string of the molecule is CCNC(=NCC1(c2cccc(Br)c2)CC1)NC1CCc2ncnn2C1. The van der Waals surface area contributed by atoms with Gasteiger partial charge in [-0.25, -0.2) is 9.67 Å². The molecule has 2 heterocycles. The lowest BCUT2D eigenvalue weighted by Gasteiger charge is -2.25. The molecular weight excluding hydrogens is 392 g/mol. The number of rotatable bonds is 5. The smallest absolute Gasteiger partial charge is 0.191 e. The molecule has 0 amide bonds. The lowest BCUT2D eigenvalue weighted by atomic mass is 9.96. The first-order valence-electron chi connectivity index (χ1n) is 9.36. The minimum atomic E-state index is 0.206. The first kappa shape index (κ1) is 17.5. The highest BCUT2D eigenvalue weighted by molar-refractivity contribution is 9.10. The third kappa shape index (κ3) is 3.77. The van der Waals surface area contributed by atoms with Gasteiger partial charge in [0.15, 0.2) is 5.96 Å². The van der Waals surface area contributed by atoms with Crippen molar-refractivity contribution >= 4 is 21.9 Å².